The minimum absolute atomic E-state index is 0.0986. The summed E-state index contributed by atoms with van der Waals surface area (Å²) in [7, 11) is 1.80. The third-order valence-electron chi connectivity index (χ3n) is 6.58. The van der Waals surface area contributed by atoms with Gasteiger partial charge in [0.2, 0.25) is 0 Å². The minimum Gasteiger partial charge on any atom is -0.507 e. The molecule has 0 spiro atoms. The number of nitrogens with one attached hydrogen (secondary N) is 3. The van der Waals surface area contributed by atoms with E-state index < -0.39 is 0 Å². The maximum Gasteiger partial charge on any atom is 0.130 e. The van der Waals surface area contributed by atoms with Crippen molar-refractivity contribution in [2.75, 3.05) is 31.6 Å². The van der Waals surface area contributed by atoms with Crippen LogP contribution in [0.25, 0.3) is 16.6 Å². The Morgan fingerprint density at radius 1 is 1.16 bits per heavy atom. The second-order valence-corrected chi connectivity index (χ2v) is 8.98. The minimum atomic E-state index is 0.0986. The monoisotopic (exact) mass is 430 g/mol. The lowest BCUT2D eigenvalue weighted by Crippen LogP contribution is -2.34. The van der Waals surface area contributed by atoms with Crippen molar-refractivity contribution in [3.63, 3.8) is 0 Å². The Morgan fingerprint density at radius 2 is 1.94 bits per heavy atom. The Bertz CT molecular complexity index is 1160. The molecule has 4 N–H and O–H groups in total. The van der Waals surface area contributed by atoms with Gasteiger partial charge in [-0.25, -0.2) is 9.97 Å². The topological polar surface area (TPSA) is 97.2 Å². The van der Waals surface area contributed by atoms with Gasteiger partial charge in [0.05, 0.1) is 22.4 Å². The lowest BCUT2D eigenvalue weighted by Gasteiger charge is -2.19. The van der Waals surface area contributed by atoms with Gasteiger partial charge >= 0.3 is 0 Å². The zero-order valence-electron chi connectivity index (χ0n) is 18.7. The molecule has 3 heterocycles. The molecule has 7 nitrogen and oxygen atoms in total. The van der Waals surface area contributed by atoms with Crippen LogP contribution in [-0.2, 0) is 0 Å². The Balaban J connectivity index is 1.38. The second kappa shape index (κ2) is 8.39. The average Bonchev–Trinajstić information content (AvgIpc) is 3.52. The molecule has 2 aromatic heterocycles. The van der Waals surface area contributed by atoms with Gasteiger partial charge in [0.1, 0.15) is 11.6 Å². The van der Waals surface area contributed by atoms with Crippen molar-refractivity contribution in [1.82, 2.24) is 20.6 Å². The average molecular weight is 431 g/mol. The number of aliphatic hydroxyl groups excluding tert-OH is 1. The molecule has 1 saturated heterocycles. The number of allylic oxidation sites excluding steroid dienone is 4. The fraction of sp³-hybridized carbons (Fsp3) is 0.400. The van der Waals surface area contributed by atoms with E-state index in [4.69, 9.17) is 15.4 Å². The van der Waals surface area contributed by atoms with Crippen LogP contribution in [0, 0.1) is 11.3 Å². The molecular formula is C25H30N6O. The van der Waals surface area contributed by atoms with Crippen LogP contribution in [0.15, 0.2) is 53.4 Å². The van der Waals surface area contributed by atoms with Crippen molar-refractivity contribution in [3.05, 3.63) is 59.1 Å². The summed E-state index contributed by atoms with van der Waals surface area (Å²) >= 11 is 0. The number of pyridine rings is 2. The summed E-state index contributed by atoms with van der Waals surface area (Å²) in [6.07, 6.45) is 7.47. The van der Waals surface area contributed by atoms with Crippen molar-refractivity contribution >= 4 is 28.1 Å². The molecule has 5 rings (SSSR count). The highest BCUT2D eigenvalue weighted by molar-refractivity contribution is 6.17. The molecule has 2 aliphatic carbocycles. The highest BCUT2D eigenvalue weighted by Gasteiger charge is 2.27. The van der Waals surface area contributed by atoms with Crippen molar-refractivity contribution in [2.24, 2.45) is 5.92 Å². The molecule has 1 aliphatic heterocycles. The lowest BCUT2D eigenvalue weighted by atomic mass is 9.91. The first kappa shape index (κ1) is 20.7. The molecule has 0 amide bonds. The number of aliphatic hydroxyl groups is 1. The first-order chi connectivity index (χ1) is 15.5. The van der Waals surface area contributed by atoms with Gasteiger partial charge < -0.3 is 20.6 Å². The highest BCUT2D eigenvalue weighted by Crippen LogP contribution is 2.32. The molecule has 3 aliphatic rings. The van der Waals surface area contributed by atoms with Crippen LogP contribution >= 0.6 is 0 Å². The zero-order chi connectivity index (χ0) is 22.2. The normalized spacial score (nSPS) is 22.8. The molecule has 2 aromatic rings. The summed E-state index contributed by atoms with van der Waals surface area (Å²) in [4.78, 5) is 12.0. The predicted octanol–water partition coefficient (Wildman–Crippen LogP) is 3.56. The van der Waals surface area contributed by atoms with Gasteiger partial charge in [0.25, 0.3) is 0 Å². The maximum atomic E-state index is 10.7. The van der Waals surface area contributed by atoms with Crippen molar-refractivity contribution in [1.29, 1.82) is 5.41 Å². The molecule has 1 saturated carbocycles. The first-order valence-corrected chi connectivity index (χ1v) is 11.4. The molecule has 7 heteroatoms. The number of nitrogens with zero attached hydrogens (tertiary/aromatic N) is 3. The van der Waals surface area contributed by atoms with Gasteiger partial charge in [-0.2, -0.15) is 0 Å². The quantitative estimate of drug-likeness (QED) is 0.560. The van der Waals surface area contributed by atoms with Gasteiger partial charge in [0.15, 0.2) is 0 Å². The summed E-state index contributed by atoms with van der Waals surface area (Å²) in [6.45, 7) is 4.92. The summed E-state index contributed by atoms with van der Waals surface area (Å²) in [5.74, 6) is 1.99. The fourth-order valence-electron chi connectivity index (χ4n) is 4.41. The Hall–Kier alpha value is -3.19. The number of rotatable bonds is 6. The van der Waals surface area contributed by atoms with E-state index in [2.05, 4.69) is 15.5 Å². The number of fused-ring (bicyclic) bond motifs is 1. The summed E-state index contributed by atoms with van der Waals surface area (Å²) in [5.41, 5.74) is 4.49. The zero-order valence-corrected chi connectivity index (χ0v) is 18.7. The third kappa shape index (κ3) is 4.00. The first-order valence-electron chi connectivity index (χ1n) is 11.4. The van der Waals surface area contributed by atoms with Crippen molar-refractivity contribution in [3.8, 4) is 0 Å². The molecule has 1 unspecified atom stereocenters. The Labute approximate surface area is 188 Å². The second-order valence-electron chi connectivity index (χ2n) is 8.98. The molecule has 0 radical (unpaired) electrons. The SMILES string of the molecule is CN/C=C1/C=C(c2ccc3nc(N4CCC(NCC5CC5)C4)ccc3n2)C(O)=C(C)C1=N. The number of anilines is 1. The van der Waals surface area contributed by atoms with Gasteiger partial charge in [0, 0.05) is 49.1 Å². The number of hydrogen-bond acceptors (Lipinski definition) is 7. The van der Waals surface area contributed by atoms with E-state index in [9.17, 15) is 5.11 Å². The molecule has 166 valence electrons. The molecule has 32 heavy (non-hydrogen) atoms. The summed E-state index contributed by atoms with van der Waals surface area (Å²) in [6, 6.07) is 8.45. The maximum absolute atomic E-state index is 10.7. The smallest absolute Gasteiger partial charge is 0.130 e. The van der Waals surface area contributed by atoms with E-state index in [0.717, 1.165) is 48.8 Å². The van der Waals surface area contributed by atoms with Crippen LogP contribution in [-0.4, -0.2) is 53.5 Å². The van der Waals surface area contributed by atoms with E-state index in [1.807, 2.05) is 24.3 Å². The van der Waals surface area contributed by atoms with E-state index in [0.29, 0.717) is 34.2 Å². The van der Waals surface area contributed by atoms with Gasteiger partial charge in [-0.05, 0) is 69.0 Å². The van der Waals surface area contributed by atoms with Crippen LogP contribution in [0.5, 0.6) is 0 Å². The van der Waals surface area contributed by atoms with Crippen molar-refractivity contribution < 1.29 is 5.11 Å². The molecule has 1 atom stereocenters. The van der Waals surface area contributed by atoms with Crippen LogP contribution in [0.1, 0.15) is 31.9 Å². The molecule has 0 bridgehead atoms. The van der Waals surface area contributed by atoms with Crippen molar-refractivity contribution in [2.45, 2.75) is 32.2 Å². The molecular weight excluding hydrogens is 400 g/mol. The molecule has 0 aromatic carbocycles. The lowest BCUT2D eigenvalue weighted by molar-refractivity contribution is 0.433. The Kier molecular flexibility index (Phi) is 5.43. The van der Waals surface area contributed by atoms with Gasteiger partial charge in [-0.15, -0.1) is 0 Å². The molecule has 2 fully saturated rings. The predicted molar refractivity (Wildman–Crippen MR) is 129 cm³/mol. The third-order valence-corrected chi connectivity index (χ3v) is 6.58. The summed E-state index contributed by atoms with van der Waals surface area (Å²) < 4.78 is 0. The summed E-state index contributed by atoms with van der Waals surface area (Å²) in [5, 5.41) is 25.6. The van der Waals surface area contributed by atoms with E-state index in [-0.39, 0.29) is 5.76 Å². The van der Waals surface area contributed by atoms with E-state index in [1.165, 1.54) is 12.8 Å². The number of aromatic nitrogens is 2. The van der Waals surface area contributed by atoms with Crippen LogP contribution in [0.4, 0.5) is 5.82 Å². The van der Waals surface area contributed by atoms with Crippen LogP contribution in [0.2, 0.25) is 0 Å². The van der Waals surface area contributed by atoms with E-state index >= 15 is 0 Å². The van der Waals surface area contributed by atoms with Gasteiger partial charge in [-0.3, -0.25) is 5.41 Å². The Morgan fingerprint density at radius 3 is 2.72 bits per heavy atom. The van der Waals surface area contributed by atoms with E-state index in [1.54, 1.807) is 26.2 Å². The largest absolute Gasteiger partial charge is 0.507 e. The van der Waals surface area contributed by atoms with Crippen LogP contribution < -0.4 is 15.5 Å². The van der Waals surface area contributed by atoms with Crippen LogP contribution in [0.3, 0.4) is 0 Å². The number of hydrogen-bond donors (Lipinski definition) is 4. The highest BCUT2D eigenvalue weighted by atomic mass is 16.3. The van der Waals surface area contributed by atoms with Gasteiger partial charge in [-0.1, -0.05) is 0 Å². The fourth-order valence-corrected chi connectivity index (χ4v) is 4.41. The standard InChI is InChI=1S/C25H30N6O/c1-15-24(26)17(13-27-2)11-19(25(15)32)20-5-6-22-21(29-20)7-8-23(30-22)31-10-9-18(14-31)28-12-16-3-4-16/h5-8,11,13,16,18,26-28,32H,3-4,9-10,12,14H2,1-2H3/b17-13-,26-24?.